The van der Waals surface area contributed by atoms with Crippen molar-refractivity contribution in [2.24, 2.45) is 11.7 Å². The summed E-state index contributed by atoms with van der Waals surface area (Å²) in [6.45, 7) is 4.66. The van der Waals surface area contributed by atoms with Gasteiger partial charge in [-0.3, -0.25) is 9.88 Å². The number of nitrogens with zero attached hydrogens (tertiary/aromatic N) is 4. The highest BCUT2D eigenvalue weighted by atomic mass is 16.5. The first-order chi connectivity index (χ1) is 10.3. The van der Waals surface area contributed by atoms with E-state index < -0.39 is 0 Å². The lowest BCUT2D eigenvalue weighted by Crippen LogP contribution is -2.43. The van der Waals surface area contributed by atoms with Gasteiger partial charge < -0.3 is 10.3 Å². The maximum absolute atomic E-state index is 5.80. The Balaban J connectivity index is 1.69. The van der Waals surface area contributed by atoms with Gasteiger partial charge in [-0.25, -0.2) is 0 Å². The first kappa shape index (κ1) is 14.2. The molecule has 0 spiro atoms. The van der Waals surface area contributed by atoms with Gasteiger partial charge in [-0.1, -0.05) is 11.2 Å². The van der Waals surface area contributed by atoms with Crippen molar-refractivity contribution in [1.29, 1.82) is 0 Å². The van der Waals surface area contributed by atoms with E-state index in [-0.39, 0.29) is 0 Å². The van der Waals surface area contributed by atoms with Crippen LogP contribution in [0.15, 0.2) is 28.9 Å². The van der Waals surface area contributed by atoms with Crippen molar-refractivity contribution in [1.82, 2.24) is 20.0 Å². The quantitative estimate of drug-likeness (QED) is 0.921. The molecule has 1 fully saturated rings. The summed E-state index contributed by atoms with van der Waals surface area (Å²) in [5.74, 6) is 1.75. The second-order valence-corrected chi connectivity index (χ2v) is 5.68. The summed E-state index contributed by atoms with van der Waals surface area (Å²) in [5, 5.41) is 4.02. The fourth-order valence-electron chi connectivity index (χ4n) is 2.77. The minimum Gasteiger partial charge on any atom is -0.337 e. The van der Waals surface area contributed by atoms with Gasteiger partial charge in [-0.05, 0) is 44.4 Å². The van der Waals surface area contributed by atoms with Crippen LogP contribution < -0.4 is 5.73 Å². The van der Waals surface area contributed by atoms with Gasteiger partial charge in [-0.2, -0.15) is 4.98 Å². The summed E-state index contributed by atoms with van der Waals surface area (Å²) in [4.78, 5) is 11.1. The van der Waals surface area contributed by atoms with Crippen molar-refractivity contribution in [3.05, 3.63) is 30.3 Å². The van der Waals surface area contributed by atoms with Crippen molar-refractivity contribution in [2.75, 3.05) is 13.1 Å². The van der Waals surface area contributed by atoms with E-state index in [4.69, 9.17) is 10.3 Å². The van der Waals surface area contributed by atoms with Crippen LogP contribution in [0, 0.1) is 5.92 Å². The third-order valence-electron chi connectivity index (χ3n) is 4.14. The number of nitrogens with two attached hydrogens (primary N) is 1. The molecule has 0 saturated carbocycles. The van der Waals surface area contributed by atoms with E-state index in [0.717, 1.165) is 18.8 Å². The van der Waals surface area contributed by atoms with Crippen LogP contribution in [0.4, 0.5) is 0 Å². The average molecular weight is 287 g/mol. The van der Waals surface area contributed by atoms with Crippen LogP contribution in [-0.4, -0.2) is 39.2 Å². The third-order valence-corrected chi connectivity index (χ3v) is 4.14. The fourth-order valence-corrected chi connectivity index (χ4v) is 2.77. The number of hydrogen-bond acceptors (Lipinski definition) is 6. The Morgan fingerprint density at radius 2 is 2.29 bits per heavy atom. The maximum atomic E-state index is 5.80. The molecule has 2 atom stereocenters. The molecule has 2 unspecified atom stereocenters. The molecular weight excluding hydrogens is 266 g/mol. The molecule has 3 heterocycles. The molecule has 2 N–H and O–H groups in total. The minimum absolute atomic E-state index is 0.526. The van der Waals surface area contributed by atoms with Crippen molar-refractivity contribution >= 4 is 0 Å². The molecule has 2 aromatic heterocycles. The molecule has 0 aromatic carbocycles. The van der Waals surface area contributed by atoms with Crippen LogP contribution in [-0.2, 0) is 6.54 Å². The van der Waals surface area contributed by atoms with Gasteiger partial charge in [0.1, 0.15) is 5.69 Å². The number of rotatable bonds is 4. The lowest BCUT2D eigenvalue weighted by atomic mass is 9.93. The standard InChI is InChI=1S/C15H21N5O/c1-11-5-6-12(8-16)9-20(11)10-14-18-15(19-21-14)13-4-2-3-7-17-13/h2-4,7,11-12H,5-6,8-10,16H2,1H3. The second kappa shape index (κ2) is 6.32. The summed E-state index contributed by atoms with van der Waals surface area (Å²) in [6, 6.07) is 6.19. The molecule has 112 valence electrons. The van der Waals surface area contributed by atoms with Gasteiger partial charge in [0.05, 0.1) is 6.54 Å². The number of likely N-dealkylation sites (tertiary alicyclic amines) is 1. The monoisotopic (exact) mass is 287 g/mol. The van der Waals surface area contributed by atoms with Crippen LogP contribution in [0.25, 0.3) is 11.5 Å². The van der Waals surface area contributed by atoms with E-state index in [2.05, 4.69) is 26.9 Å². The molecule has 0 aliphatic carbocycles. The number of aromatic nitrogens is 3. The number of piperidine rings is 1. The zero-order valence-electron chi connectivity index (χ0n) is 12.3. The van der Waals surface area contributed by atoms with Crippen molar-refractivity contribution in [2.45, 2.75) is 32.4 Å². The molecule has 0 amide bonds. The zero-order chi connectivity index (χ0) is 14.7. The van der Waals surface area contributed by atoms with Crippen LogP contribution >= 0.6 is 0 Å². The summed E-state index contributed by atoms with van der Waals surface area (Å²) >= 11 is 0. The van der Waals surface area contributed by atoms with Gasteiger partial charge >= 0.3 is 0 Å². The van der Waals surface area contributed by atoms with Crippen molar-refractivity contribution < 1.29 is 4.52 Å². The van der Waals surface area contributed by atoms with E-state index in [9.17, 15) is 0 Å². The Hall–Kier alpha value is -1.79. The lowest BCUT2D eigenvalue weighted by Gasteiger charge is -2.36. The van der Waals surface area contributed by atoms with Crippen molar-refractivity contribution in [3.8, 4) is 11.5 Å². The molecule has 6 heteroatoms. The fraction of sp³-hybridized carbons (Fsp3) is 0.533. The van der Waals surface area contributed by atoms with Crippen LogP contribution in [0.1, 0.15) is 25.7 Å². The summed E-state index contributed by atoms with van der Waals surface area (Å²) in [7, 11) is 0. The molecule has 0 bridgehead atoms. The average Bonchev–Trinajstić information content (AvgIpc) is 2.99. The summed E-state index contributed by atoms with van der Waals surface area (Å²) in [6.07, 6.45) is 4.10. The highest BCUT2D eigenvalue weighted by molar-refractivity contribution is 5.46. The molecule has 21 heavy (non-hydrogen) atoms. The van der Waals surface area contributed by atoms with Crippen LogP contribution in [0.3, 0.4) is 0 Å². The zero-order valence-corrected chi connectivity index (χ0v) is 12.3. The van der Waals surface area contributed by atoms with Gasteiger partial charge in [0.2, 0.25) is 11.7 Å². The second-order valence-electron chi connectivity index (χ2n) is 5.68. The highest BCUT2D eigenvalue weighted by Gasteiger charge is 2.26. The molecule has 6 nitrogen and oxygen atoms in total. The lowest BCUT2D eigenvalue weighted by molar-refractivity contribution is 0.100. The Bertz CT molecular complexity index is 570. The van der Waals surface area contributed by atoms with Crippen LogP contribution in [0.5, 0.6) is 0 Å². The molecule has 0 radical (unpaired) electrons. The van der Waals surface area contributed by atoms with Crippen LogP contribution in [0.2, 0.25) is 0 Å². The predicted octanol–water partition coefficient (Wildman–Crippen LogP) is 1.69. The largest absolute Gasteiger partial charge is 0.337 e. The van der Waals surface area contributed by atoms with E-state index in [1.54, 1.807) is 6.20 Å². The first-order valence-electron chi connectivity index (χ1n) is 7.44. The number of hydrogen-bond donors (Lipinski definition) is 1. The molecule has 3 rings (SSSR count). The minimum atomic E-state index is 0.526. The summed E-state index contributed by atoms with van der Waals surface area (Å²) in [5.41, 5.74) is 6.53. The Morgan fingerprint density at radius 1 is 1.38 bits per heavy atom. The van der Waals surface area contributed by atoms with E-state index in [1.807, 2.05) is 18.2 Å². The van der Waals surface area contributed by atoms with Gasteiger partial charge in [0.15, 0.2) is 0 Å². The smallest absolute Gasteiger partial charge is 0.241 e. The number of pyridine rings is 1. The topological polar surface area (TPSA) is 81.1 Å². The SMILES string of the molecule is CC1CCC(CN)CN1Cc1nc(-c2ccccn2)no1. The van der Waals surface area contributed by atoms with Crippen molar-refractivity contribution in [3.63, 3.8) is 0 Å². The molecule has 1 aliphatic heterocycles. The Labute approximate surface area is 124 Å². The summed E-state index contributed by atoms with van der Waals surface area (Å²) < 4.78 is 5.36. The first-order valence-corrected chi connectivity index (χ1v) is 7.44. The van der Waals surface area contributed by atoms with Gasteiger partial charge in [0.25, 0.3) is 0 Å². The van der Waals surface area contributed by atoms with E-state index >= 15 is 0 Å². The van der Waals surface area contributed by atoms with E-state index in [0.29, 0.717) is 30.2 Å². The predicted molar refractivity (Wildman–Crippen MR) is 79.2 cm³/mol. The highest BCUT2D eigenvalue weighted by Crippen LogP contribution is 2.23. The normalized spacial score (nSPS) is 23.3. The van der Waals surface area contributed by atoms with Gasteiger partial charge in [-0.15, -0.1) is 0 Å². The Kier molecular flexibility index (Phi) is 4.26. The van der Waals surface area contributed by atoms with Gasteiger partial charge in [0, 0.05) is 18.8 Å². The maximum Gasteiger partial charge on any atom is 0.241 e. The molecule has 2 aromatic rings. The Morgan fingerprint density at radius 3 is 3.05 bits per heavy atom. The molecule has 1 aliphatic rings. The molecular formula is C15H21N5O. The molecule has 1 saturated heterocycles. The van der Waals surface area contributed by atoms with E-state index in [1.165, 1.54) is 12.8 Å². The third kappa shape index (κ3) is 3.28.